The average molecular weight is 290 g/mol. The zero-order valence-corrected chi connectivity index (χ0v) is 11.2. The molecule has 1 aromatic carbocycles. The van der Waals surface area contributed by atoms with Gasteiger partial charge in [-0.3, -0.25) is 4.98 Å². The van der Waals surface area contributed by atoms with Crippen molar-refractivity contribution in [2.75, 3.05) is 0 Å². The zero-order chi connectivity index (χ0) is 14.4. The second kappa shape index (κ2) is 6.81. The van der Waals surface area contributed by atoms with Crippen LogP contribution in [0.2, 0.25) is 0 Å². The molecular formula is C14H11FN2O2S. The molecule has 0 spiro atoms. The number of benzene rings is 1. The molecule has 0 radical (unpaired) electrons. The van der Waals surface area contributed by atoms with Crippen LogP contribution in [0.15, 0.2) is 47.9 Å². The van der Waals surface area contributed by atoms with E-state index >= 15 is 0 Å². The van der Waals surface area contributed by atoms with E-state index in [-0.39, 0.29) is 5.82 Å². The maximum absolute atomic E-state index is 13.8. The van der Waals surface area contributed by atoms with E-state index in [2.05, 4.69) is 9.97 Å². The number of thioether (sulfide) groups is 1. The van der Waals surface area contributed by atoms with E-state index in [1.54, 1.807) is 30.7 Å². The molecule has 1 aromatic heterocycles. The summed E-state index contributed by atoms with van der Waals surface area (Å²) in [7, 11) is 0. The van der Waals surface area contributed by atoms with Crippen molar-refractivity contribution >= 4 is 23.8 Å². The first-order valence-corrected chi connectivity index (χ1v) is 6.72. The van der Waals surface area contributed by atoms with Gasteiger partial charge in [-0.1, -0.05) is 23.9 Å². The van der Waals surface area contributed by atoms with E-state index in [4.69, 9.17) is 5.11 Å². The summed E-state index contributed by atoms with van der Waals surface area (Å²) in [5.74, 6) is -0.991. The molecule has 2 aromatic rings. The molecule has 0 bridgehead atoms. The summed E-state index contributed by atoms with van der Waals surface area (Å²) < 4.78 is 13.8. The Labute approximate surface area is 119 Å². The van der Waals surface area contributed by atoms with E-state index in [1.165, 1.54) is 23.9 Å². The second-order valence-electron chi connectivity index (χ2n) is 3.85. The van der Waals surface area contributed by atoms with Gasteiger partial charge in [0.2, 0.25) is 0 Å². The molecule has 0 amide bonds. The molecule has 0 saturated carbocycles. The van der Waals surface area contributed by atoms with E-state index in [1.807, 2.05) is 0 Å². The number of hydrogen-bond donors (Lipinski definition) is 1. The summed E-state index contributed by atoms with van der Waals surface area (Å²) in [6.45, 7) is 0. The molecule has 0 atom stereocenters. The largest absolute Gasteiger partial charge is 0.478 e. The number of aliphatic carboxylic acids is 1. The Morgan fingerprint density at radius 1 is 1.40 bits per heavy atom. The minimum absolute atomic E-state index is 0.367. The first-order valence-electron chi connectivity index (χ1n) is 5.73. The van der Waals surface area contributed by atoms with Crippen LogP contribution in [0.25, 0.3) is 6.08 Å². The summed E-state index contributed by atoms with van der Waals surface area (Å²) in [6.07, 6.45) is 7.10. The summed E-state index contributed by atoms with van der Waals surface area (Å²) in [5, 5.41) is 9.24. The third-order valence-electron chi connectivity index (χ3n) is 2.41. The number of aromatic nitrogens is 2. The van der Waals surface area contributed by atoms with Crippen LogP contribution >= 0.6 is 11.8 Å². The van der Waals surface area contributed by atoms with Gasteiger partial charge in [0.15, 0.2) is 0 Å². The van der Waals surface area contributed by atoms with Crippen molar-refractivity contribution in [2.24, 2.45) is 0 Å². The third-order valence-corrected chi connectivity index (χ3v) is 3.37. The minimum atomic E-state index is -1.06. The predicted molar refractivity (Wildman–Crippen MR) is 74.7 cm³/mol. The molecule has 102 valence electrons. The highest BCUT2D eigenvalue weighted by Gasteiger charge is 2.04. The lowest BCUT2D eigenvalue weighted by Gasteiger charge is -2.03. The number of halogens is 1. The van der Waals surface area contributed by atoms with Crippen molar-refractivity contribution in [3.8, 4) is 0 Å². The normalized spacial score (nSPS) is 10.8. The fraction of sp³-hybridized carbons (Fsp3) is 0.0714. The zero-order valence-electron chi connectivity index (χ0n) is 10.4. The predicted octanol–water partition coefficient (Wildman–Crippen LogP) is 3.01. The SMILES string of the molecule is O=C(O)C=Cc1ccc(CSc2cnccn2)c(F)c1. The van der Waals surface area contributed by atoms with Crippen LogP contribution in [-0.4, -0.2) is 21.0 Å². The Morgan fingerprint density at radius 3 is 2.90 bits per heavy atom. The monoisotopic (exact) mass is 290 g/mol. The van der Waals surface area contributed by atoms with Gasteiger partial charge in [0.1, 0.15) is 10.8 Å². The molecule has 1 N–H and O–H groups in total. The Bertz CT molecular complexity index is 632. The van der Waals surface area contributed by atoms with Gasteiger partial charge in [0, 0.05) is 24.2 Å². The fourth-order valence-corrected chi connectivity index (χ4v) is 2.27. The minimum Gasteiger partial charge on any atom is -0.478 e. The standard InChI is InChI=1S/C14H11FN2O2S/c15-12-7-10(2-4-14(18)19)1-3-11(12)9-20-13-8-16-5-6-17-13/h1-8H,9H2,(H,18,19). The maximum Gasteiger partial charge on any atom is 0.328 e. The smallest absolute Gasteiger partial charge is 0.328 e. The highest BCUT2D eigenvalue weighted by molar-refractivity contribution is 7.98. The fourth-order valence-electron chi connectivity index (χ4n) is 1.46. The van der Waals surface area contributed by atoms with Crippen molar-refractivity contribution in [3.63, 3.8) is 0 Å². The van der Waals surface area contributed by atoms with Crippen LogP contribution in [0.1, 0.15) is 11.1 Å². The van der Waals surface area contributed by atoms with Gasteiger partial charge < -0.3 is 5.11 Å². The molecule has 0 saturated heterocycles. The van der Waals surface area contributed by atoms with Crippen molar-refractivity contribution in [1.29, 1.82) is 0 Å². The van der Waals surface area contributed by atoms with Crippen LogP contribution < -0.4 is 0 Å². The van der Waals surface area contributed by atoms with E-state index in [0.29, 0.717) is 16.9 Å². The molecule has 0 fully saturated rings. The first kappa shape index (κ1) is 14.2. The van der Waals surface area contributed by atoms with Crippen LogP contribution in [0, 0.1) is 5.82 Å². The number of carboxylic acid groups (broad SMARTS) is 1. The maximum atomic E-state index is 13.8. The molecule has 1 heterocycles. The molecule has 20 heavy (non-hydrogen) atoms. The van der Waals surface area contributed by atoms with Gasteiger partial charge in [-0.15, -0.1) is 0 Å². The topological polar surface area (TPSA) is 63.1 Å². The molecule has 0 aliphatic rings. The Morgan fingerprint density at radius 2 is 2.25 bits per heavy atom. The highest BCUT2D eigenvalue weighted by Crippen LogP contribution is 2.22. The van der Waals surface area contributed by atoms with E-state index < -0.39 is 5.97 Å². The average Bonchev–Trinajstić information content (AvgIpc) is 2.45. The summed E-state index contributed by atoms with van der Waals surface area (Å²) in [6, 6.07) is 4.63. The quantitative estimate of drug-likeness (QED) is 0.677. The van der Waals surface area contributed by atoms with Gasteiger partial charge in [0.25, 0.3) is 0 Å². The van der Waals surface area contributed by atoms with Crippen molar-refractivity contribution in [1.82, 2.24) is 9.97 Å². The lowest BCUT2D eigenvalue weighted by Crippen LogP contribution is -1.91. The molecule has 0 aliphatic heterocycles. The molecule has 4 nitrogen and oxygen atoms in total. The molecule has 0 unspecified atom stereocenters. The molecular weight excluding hydrogens is 279 g/mol. The van der Waals surface area contributed by atoms with Crippen LogP contribution in [0.5, 0.6) is 0 Å². The van der Waals surface area contributed by atoms with Gasteiger partial charge in [0.05, 0.1) is 6.20 Å². The highest BCUT2D eigenvalue weighted by atomic mass is 32.2. The summed E-state index contributed by atoms with van der Waals surface area (Å²) in [4.78, 5) is 18.4. The van der Waals surface area contributed by atoms with Gasteiger partial charge in [-0.05, 0) is 23.3 Å². The molecule has 0 aliphatic carbocycles. The van der Waals surface area contributed by atoms with E-state index in [9.17, 15) is 9.18 Å². The van der Waals surface area contributed by atoms with E-state index in [0.717, 1.165) is 11.1 Å². The Hall–Kier alpha value is -2.21. The summed E-state index contributed by atoms with van der Waals surface area (Å²) in [5.41, 5.74) is 1.05. The molecule has 2 rings (SSSR count). The lowest BCUT2D eigenvalue weighted by molar-refractivity contribution is -0.131. The van der Waals surface area contributed by atoms with Crippen LogP contribution in [0.4, 0.5) is 4.39 Å². The Balaban J connectivity index is 2.04. The second-order valence-corrected chi connectivity index (χ2v) is 4.85. The van der Waals surface area contributed by atoms with Crippen LogP contribution in [0.3, 0.4) is 0 Å². The van der Waals surface area contributed by atoms with Gasteiger partial charge >= 0.3 is 5.97 Å². The summed E-state index contributed by atoms with van der Waals surface area (Å²) >= 11 is 1.39. The Kier molecular flexibility index (Phi) is 4.84. The van der Waals surface area contributed by atoms with Crippen molar-refractivity contribution in [3.05, 3.63) is 59.8 Å². The van der Waals surface area contributed by atoms with Gasteiger partial charge in [-0.2, -0.15) is 0 Å². The van der Waals surface area contributed by atoms with Crippen LogP contribution in [-0.2, 0) is 10.5 Å². The number of hydrogen-bond acceptors (Lipinski definition) is 4. The number of carboxylic acids is 1. The van der Waals surface area contributed by atoms with Crippen molar-refractivity contribution < 1.29 is 14.3 Å². The number of carbonyl (C=O) groups is 1. The molecule has 6 heteroatoms. The number of rotatable bonds is 5. The van der Waals surface area contributed by atoms with Crippen molar-refractivity contribution in [2.45, 2.75) is 10.8 Å². The van der Waals surface area contributed by atoms with Gasteiger partial charge in [-0.25, -0.2) is 14.2 Å². The number of nitrogens with zero attached hydrogens (tertiary/aromatic N) is 2. The lowest BCUT2D eigenvalue weighted by atomic mass is 10.1. The first-order chi connectivity index (χ1) is 9.65. The third kappa shape index (κ3) is 4.17.